The van der Waals surface area contributed by atoms with Crippen LogP contribution in [0.25, 0.3) is 0 Å². The van der Waals surface area contributed by atoms with Crippen molar-refractivity contribution in [3.05, 3.63) is 70.0 Å². The molecule has 0 heterocycles. The van der Waals surface area contributed by atoms with Gasteiger partial charge < -0.3 is 0 Å². The lowest BCUT2D eigenvalue weighted by molar-refractivity contribution is 0.452. The number of hydrogen-bond donors (Lipinski definition) is 0. The first-order chi connectivity index (χ1) is 10.1. The van der Waals surface area contributed by atoms with Gasteiger partial charge >= 0.3 is 0 Å². The van der Waals surface area contributed by atoms with E-state index in [-0.39, 0.29) is 5.82 Å². The predicted molar refractivity (Wildman–Crippen MR) is 89.5 cm³/mol. The maximum absolute atomic E-state index is 13.8. The number of benzene rings is 2. The molecule has 2 heteroatoms. The van der Waals surface area contributed by atoms with E-state index in [1.165, 1.54) is 23.1 Å². The molecular weight excluding hydrogens is 327 g/mol. The monoisotopic (exact) mass is 346 g/mol. The van der Waals surface area contributed by atoms with Gasteiger partial charge in [0, 0.05) is 4.83 Å². The van der Waals surface area contributed by atoms with Gasteiger partial charge in [0.15, 0.2) is 0 Å². The summed E-state index contributed by atoms with van der Waals surface area (Å²) in [6.07, 6.45) is 3.42. The number of halogens is 2. The third kappa shape index (κ3) is 2.91. The molecule has 1 aliphatic rings. The number of rotatable bonds is 2. The van der Waals surface area contributed by atoms with Gasteiger partial charge in [0.1, 0.15) is 5.82 Å². The highest BCUT2D eigenvalue weighted by atomic mass is 79.9. The van der Waals surface area contributed by atoms with Crippen LogP contribution in [-0.4, -0.2) is 0 Å². The lowest BCUT2D eigenvalue weighted by Gasteiger charge is -2.29. The fraction of sp³-hybridized carbons (Fsp3) is 0.368. The number of aryl methyl sites for hydroxylation is 3. The number of alkyl halides is 1. The molecule has 1 aliphatic carbocycles. The second-order valence-electron chi connectivity index (χ2n) is 6.14. The molecule has 0 amide bonds. The molecule has 2 atom stereocenters. The van der Waals surface area contributed by atoms with Crippen LogP contribution in [0.5, 0.6) is 0 Å². The quantitative estimate of drug-likeness (QED) is 0.613. The second-order valence-corrected chi connectivity index (χ2v) is 7.13. The highest BCUT2D eigenvalue weighted by Gasteiger charge is 2.26. The van der Waals surface area contributed by atoms with Gasteiger partial charge in [-0.25, -0.2) is 4.39 Å². The third-order valence-corrected chi connectivity index (χ3v) is 5.85. The maximum Gasteiger partial charge on any atom is 0.129 e. The molecule has 2 aromatic rings. The zero-order chi connectivity index (χ0) is 15.0. The van der Waals surface area contributed by atoms with E-state index in [1.807, 2.05) is 26.0 Å². The van der Waals surface area contributed by atoms with Crippen molar-refractivity contribution in [3.63, 3.8) is 0 Å². The molecule has 0 saturated carbocycles. The van der Waals surface area contributed by atoms with Crippen LogP contribution < -0.4 is 0 Å². The summed E-state index contributed by atoms with van der Waals surface area (Å²) in [5.41, 5.74) is 5.64. The lowest BCUT2D eigenvalue weighted by atomic mass is 9.80. The van der Waals surface area contributed by atoms with Gasteiger partial charge in [-0.05, 0) is 66.8 Å². The van der Waals surface area contributed by atoms with Crippen LogP contribution in [0.1, 0.15) is 39.1 Å². The minimum atomic E-state index is -0.0764. The first-order valence-corrected chi connectivity index (χ1v) is 8.45. The highest BCUT2D eigenvalue weighted by Crippen LogP contribution is 2.40. The van der Waals surface area contributed by atoms with Crippen molar-refractivity contribution >= 4 is 15.9 Å². The van der Waals surface area contributed by atoms with Crippen molar-refractivity contribution in [1.82, 2.24) is 0 Å². The molecule has 0 radical (unpaired) electrons. The Morgan fingerprint density at radius 3 is 2.38 bits per heavy atom. The molecule has 110 valence electrons. The topological polar surface area (TPSA) is 0 Å². The summed E-state index contributed by atoms with van der Waals surface area (Å²) < 4.78 is 13.8. The zero-order valence-electron chi connectivity index (χ0n) is 12.5. The Kier molecular flexibility index (Phi) is 4.17. The van der Waals surface area contributed by atoms with Crippen LogP contribution in [0, 0.1) is 25.6 Å². The molecule has 0 N–H and O–H groups in total. The Morgan fingerprint density at radius 2 is 1.71 bits per heavy atom. The van der Waals surface area contributed by atoms with E-state index < -0.39 is 0 Å². The summed E-state index contributed by atoms with van der Waals surface area (Å²) in [5.74, 6) is 0.497. The van der Waals surface area contributed by atoms with Gasteiger partial charge in [0.2, 0.25) is 0 Å². The molecule has 0 aromatic heterocycles. The van der Waals surface area contributed by atoms with Crippen LogP contribution in [0.15, 0.2) is 36.4 Å². The van der Waals surface area contributed by atoms with Crippen LogP contribution in [0.2, 0.25) is 0 Å². The summed E-state index contributed by atoms with van der Waals surface area (Å²) in [7, 11) is 0. The zero-order valence-corrected chi connectivity index (χ0v) is 14.1. The van der Waals surface area contributed by atoms with E-state index in [2.05, 4.69) is 40.2 Å². The van der Waals surface area contributed by atoms with E-state index >= 15 is 0 Å². The van der Waals surface area contributed by atoms with Crippen LogP contribution in [0.3, 0.4) is 0 Å². The van der Waals surface area contributed by atoms with Crippen molar-refractivity contribution in [1.29, 1.82) is 0 Å². The Balaban J connectivity index is 1.85. The van der Waals surface area contributed by atoms with Crippen LogP contribution in [-0.2, 0) is 12.8 Å². The van der Waals surface area contributed by atoms with Crippen molar-refractivity contribution in [3.8, 4) is 0 Å². The molecule has 0 nitrogen and oxygen atoms in total. The van der Waals surface area contributed by atoms with Crippen LogP contribution >= 0.6 is 15.9 Å². The summed E-state index contributed by atoms with van der Waals surface area (Å²) in [6.45, 7) is 3.70. The Bertz CT molecular complexity index is 639. The summed E-state index contributed by atoms with van der Waals surface area (Å²) in [6, 6.07) is 12.7. The Hall–Kier alpha value is -1.15. The number of hydrogen-bond acceptors (Lipinski definition) is 0. The van der Waals surface area contributed by atoms with E-state index in [0.29, 0.717) is 10.7 Å². The molecule has 0 saturated heterocycles. The summed E-state index contributed by atoms with van der Waals surface area (Å²) in [5, 5.41) is 0. The average Bonchev–Trinajstić information content (AvgIpc) is 2.51. The van der Waals surface area contributed by atoms with Gasteiger partial charge in [-0.2, -0.15) is 0 Å². The summed E-state index contributed by atoms with van der Waals surface area (Å²) >= 11 is 3.87. The van der Waals surface area contributed by atoms with Crippen LogP contribution in [0.4, 0.5) is 4.39 Å². The van der Waals surface area contributed by atoms with Crippen molar-refractivity contribution in [2.75, 3.05) is 0 Å². The molecule has 21 heavy (non-hydrogen) atoms. The van der Waals surface area contributed by atoms with E-state index in [1.54, 1.807) is 0 Å². The fourth-order valence-electron chi connectivity index (χ4n) is 3.39. The molecule has 0 fully saturated rings. The molecule has 0 bridgehead atoms. The first kappa shape index (κ1) is 14.8. The highest BCUT2D eigenvalue weighted by molar-refractivity contribution is 9.09. The van der Waals surface area contributed by atoms with Crippen molar-refractivity contribution in [2.24, 2.45) is 5.92 Å². The van der Waals surface area contributed by atoms with Gasteiger partial charge in [0.05, 0.1) is 0 Å². The van der Waals surface area contributed by atoms with Gasteiger partial charge in [-0.15, -0.1) is 0 Å². The minimum Gasteiger partial charge on any atom is -0.206 e. The smallest absolute Gasteiger partial charge is 0.129 e. The number of fused-ring (bicyclic) bond motifs is 1. The maximum atomic E-state index is 13.8. The predicted octanol–water partition coefficient (Wildman–Crippen LogP) is 5.68. The largest absolute Gasteiger partial charge is 0.206 e. The Labute approximate surface area is 134 Å². The van der Waals surface area contributed by atoms with Gasteiger partial charge in [0.25, 0.3) is 0 Å². The van der Waals surface area contributed by atoms with E-state index in [9.17, 15) is 4.39 Å². The fourth-order valence-corrected chi connectivity index (χ4v) is 4.10. The standard InChI is InChI=1S/C19H20BrF/c1-12-9-17(10-13(2)19(12)21)18(20)16-8-7-14-5-3-4-6-15(14)11-16/h3-6,9-10,16,18H,7-8,11H2,1-2H3. The summed E-state index contributed by atoms with van der Waals surface area (Å²) in [4.78, 5) is 0.295. The molecule has 2 unspecified atom stereocenters. The average molecular weight is 347 g/mol. The molecule has 2 aromatic carbocycles. The van der Waals surface area contributed by atoms with Crippen molar-refractivity contribution < 1.29 is 4.39 Å². The lowest BCUT2D eigenvalue weighted by Crippen LogP contribution is -2.18. The molecule has 0 aliphatic heterocycles. The van der Waals surface area contributed by atoms with E-state index in [0.717, 1.165) is 24.0 Å². The molecule has 0 spiro atoms. The van der Waals surface area contributed by atoms with E-state index in [4.69, 9.17) is 0 Å². The second kappa shape index (κ2) is 5.92. The molecular formula is C19H20BrF. The van der Waals surface area contributed by atoms with Gasteiger partial charge in [-0.3, -0.25) is 0 Å². The molecule has 3 rings (SSSR count). The van der Waals surface area contributed by atoms with Crippen molar-refractivity contribution in [2.45, 2.75) is 37.9 Å². The normalized spacial score (nSPS) is 19.1. The van der Waals surface area contributed by atoms with Gasteiger partial charge in [-0.1, -0.05) is 52.3 Å². The SMILES string of the molecule is Cc1cc(C(Br)C2CCc3ccccc3C2)cc(C)c1F. The minimum absolute atomic E-state index is 0.0764. The Morgan fingerprint density at radius 1 is 1.10 bits per heavy atom. The first-order valence-electron chi connectivity index (χ1n) is 7.53. The third-order valence-electron chi connectivity index (χ3n) is 4.58.